The molecule has 0 saturated carbocycles. The van der Waals surface area contributed by atoms with Gasteiger partial charge in [0.1, 0.15) is 0 Å². The van der Waals surface area contributed by atoms with Gasteiger partial charge in [0.15, 0.2) is 0 Å². The van der Waals surface area contributed by atoms with E-state index in [1.54, 1.807) is 4.90 Å². The van der Waals surface area contributed by atoms with Gasteiger partial charge in [0.2, 0.25) is 5.91 Å². The molecule has 0 rings (SSSR count). The van der Waals surface area contributed by atoms with Crippen LogP contribution in [0.2, 0.25) is 0 Å². The summed E-state index contributed by atoms with van der Waals surface area (Å²) < 4.78 is 0. The predicted molar refractivity (Wildman–Crippen MR) is 64.0 cm³/mol. The molecule has 0 spiro atoms. The molecule has 0 unspecified atom stereocenters. The van der Waals surface area contributed by atoms with Crippen molar-refractivity contribution in [1.29, 1.82) is 0 Å². The Morgan fingerprint density at radius 2 is 1.87 bits per heavy atom. The summed E-state index contributed by atoms with van der Waals surface area (Å²) in [6.45, 7) is 5.34. The van der Waals surface area contributed by atoms with Crippen LogP contribution in [0.1, 0.15) is 19.8 Å². The number of likely N-dealkylation sites (N-methyl/N-ethyl adjacent to an activating group) is 1. The Morgan fingerprint density at radius 1 is 1.20 bits per heavy atom. The quantitative estimate of drug-likeness (QED) is 0.595. The fourth-order valence-corrected chi connectivity index (χ4v) is 1.26. The number of nitrogens with zero attached hydrogens (tertiary/aromatic N) is 2. The lowest BCUT2D eigenvalue weighted by molar-refractivity contribution is -0.129. The molecule has 0 aromatic heterocycles. The van der Waals surface area contributed by atoms with Crippen LogP contribution >= 0.6 is 0 Å². The maximum atomic E-state index is 11.5. The largest absolute Gasteiger partial charge is 0.345 e. The van der Waals surface area contributed by atoms with Crippen molar-refractivity contribution < 1.29 is 4.79 Å². The Labute approximate surface area is 93.6 Å². The molecule has 15 heavy (non-hydrogen) atoms. The molecule has 0 fully saturated rings. The summed E-state index contributed by atoms with van der Waals surface area (Å²) in [5.74, 6) is 0.183. The molecule has 90 valence electrons. The lowest BCUT2D eigenvalue weighted by atomic mass is 10.3. The standard InChI is InChI=1S/C11H25N3O/c1-5-7-12-10-11(15)14(4)9-6-8-13(2)3/h12H,5-10H2,1-4H3. The third-order valence-electron chi connectivity index (χ3n) is 2.23. The third kappa shape index (κ3) is 8.39. The van der Waals surface area contributed by atoms with Crippen LogP contribution < -0.4 is 5.32 Å². The van der Waals surface area contributed by atoms with E-state index in [1.165, 1.54) is 0 Å². The lowest BCUT2D eigenvalue weighted by Gasteiger charge is -2.18. The number of rotatable bonds is 8. The van der Waals surface area contributed by atoms with Gasteiger partial charge in [-0.05, 0) is 40.0 Å². The fourth-order valence-electron chi connectivity index (χ4n) is 1.26. The van der Waals surface area contributed by atoms with E-state index in [1.807, 2.05) is 21.1 Å². The van der Waals surface area contributed by atoms with Gasteiger partial charge in [-0.1, -0.05) is 6.92 Å². The first-order chi connectivity index (χ1) is 7.07. The highest BCUT2D eigenvalue weighted by Crippen LogP contribution is 1.90. The zero-order chi connectivity index (χ0) is 11.7. The van der Waals surface area contributed by atoms with Gasteiger partial charge in [-0.3, -0.25) is 4.79 Å². The zero-order valence-corrected chi connectivity index (χ0v) is 10.5. The second-order valence-electron chi connectivity index (χ2n) is 4.15. The van der Waals surface area contributed by atoms with E-state index in [-0.39, 0.29) is 5.91 Å². The first-order valence-electron chi connectivity index (χ1n) is 5.67. The van der Waals surface area contributed by atoms with Crippen LogP contribution in [0.4, 0.5) is 0 Å². The SMILES string of the molecule is CCCNCC(=O)N(C)CCCN(C)C. The highest BCUT2D eigenvalue weighted by Gasteiger charge is 2.06. The Morgan fingerprint density at radius 3 is 2.40 bits per heavy atom. The van der Waals surface area contributed by atoms with E-state index >= 15 is 0 Å². The van der Waals surface area contributed by atoms with Gasteiger partial charge in [-0.2, -0.15) is 0 Å². The summed E-state index contributed by atoms with van der Waals surface area (Å²) in [4.78, 5) is 15.5. The molecule has 0 aromatic rings. The highest BCUT2D eigenvalue weighted by atomic mass is 16.2. The van der Waals surface area contributed by atoms with E-state index in [0.717, 1.165) is 32.5 Å². The lowest BCUT2D eigenvalue weighted by Crippen LogP contribution is -2.37. The topological polar surface area (TPSA) is 35.6 Å². The fraction of sp³-hybridized carbons (Fsp3) is 0.909. The molecular formula is C11H25N3O. The average molecular weight is 215 g/mol. The average Bonchev–Trinajstić information content (AvgIpc) is 2.17. The molecule has 0 aliphatic carbocycles. The Bertz CT molecular complexity index is 171. The molecular weight excluding hydrogens is 190 g/mol. The molecule has 1 N–H and O–H groups in total. The summed E-state index contributed by atoms with van der Waals surface area (Å²) in [5.41, 5.74) is 0. The summed E-state index contributed by atoms with van der Waals surface area (Å²) in [6.07, 6.45) is 2.10. The summed E-state index contributed by atoms with van der Waals surface area (Å²) in [5, 5.41) is 3.11. The second kappa shape index (κ2) is 8.68. The molecule has 0 bridgehead atoms. The minimum atomic E-state index is 0.183. The Balaban J connectivity index is 3.51. The number of carbonyl (C=O) groups is 1. The monoisotopic (exact) mass is 215 g/mol. The molecule has 1 amide bonds. The number of carbonyl (C=O) groups excluding carboxylic acids is 1. The summed E-state index contributed by atoms with van der Waals surface area (Å²) in [6, 6.07) is 0. The van der Waals surface area contributed by atoms with E-state index in [0.29, 0.717) is 6.54 Å². The minimum Gasteiger partial charge on any atom is -0.345 e. The van der Waals surface area contributed by atoms with Crippen molar-refractivity contribution in [2.24, 2.45) is 0 Å². The highest BCUT2D eigenvalue weighted by molar-refractivity contribution is 5.77. The normalized spacial score (nSPS) is 10.7. The van der Waals surface area contributed by atoms with Crippen molar-refractivity contribution in [3.05, 3.63) is 0 Å². The maximum Gasteiger partial charge on any atom is 0.236 e. The summed E-state index contributed by atoms with van der Waals surface area (Å²) >= 11 is 0. The second-order valence-corrected chi connectivity index (χ2v) is 4.15. The molecule has 0 atom stereocenters. The molecule has 0 aliphatic rings. The first-order valence-corrected chi connectivity index (χ1v) is 5.67. The number of hydrogen-bond donors (Lipinski definition) is 1. The van der Waals surface area contributed by atoms with E-state index < -0.39 is 0 Å². The van der Waals surface area contributed by atoms with Gasteiger partial charge in [-0.15, -0.1) is 0 Å². The molecule has 4 nitrogen and oxygen atoms in total. The van der Waals surface area contributed by atoms with E-state index in [2.05, 4.69) is 17.1 Å². The van der Waals surface area contributed by atoms with Crippen molar-refractivity contribution in [2.75, 3.05) is 47.3 Å². The van der Waals surface area contributed by atoms with Crippen molar-refractivity contribution >= 4 is 5.91 Å². The molecule has 0 aliphatic heterocycles. The van der Waals surface area contributed by atoms with Gasteiger partial charge in [0.25, 0.3) is 0 Å². The number of nitrogens with one attached hydrogen (secondary N) is 1. The van der Waals surface area contributed by atoms with Crippen molar-refractivity contribution in [2.45, 2.75) is 19.8 Å². The van der Waals surface area contributed by atoms with Crippen LogP contribution in [0.3, 0.4) is 0 Å². The minimum absolute atomic E-state index is 0.183. The van der Waals surface area contributed by atoms with Gasteiger partial charge >= 0.3 is 0 Å². The number of hydrogen-bond acceptors (Lipinski definition) is 3. The molecule has 4 heteroatoms. The molecule has 0 aromatic carbocycles. The van der Waals surface area contributed by atoms with Gasteiger partial charge in [0.05, 0.1) is 6.54 Å². The van der Waals surface area contributed by atoms with Crippen molar-refractivity contribution in [3.8, 4) is 0 Å². The van der Waals surface area contributed by atoms with Crippen LogP contribution in [0.25, 0.3) is 0 Å². The smallest absolute Gasteiger partial charge is 0.236 e. The Hall–Kier alpha value is -0.610. The van der Waals surface area contributed by atoms with Gasteiger partial charge < -0.3 is 15.1 Å². The van der Waals surface area contributed by atoms with E-state index in [4.69, 9.17) is 0 Å². The van der Waals surface area contributed by atoms with Gasteiger partial charge in [0, 0.05) is 13.6 Å². The van der Waals surface area contributed by atoms with E-state index in [9.17, 15) is 4.79 Å². The molecule has 0 radical (unpaired) electrons. The third-order valence-corrected chi connectivity index (χ3v) is 2.23. The van der Waals surface area contributed by atoms with Gasteiger partial charge in [-0.25, -0.2) is 0 Å². The van der Waals surface area contributed by atoms with Crippen LogP contribution in [0.15, 0.2) is 0 Å². The molecule has 0 saturated heterocycles. The van der Waals surface area contributed by atoms with Crippen LogP contribution in [-0.2, 0) is 4.79 Å². The van der Waals surface area contributed by atoms with Crippen molar-refractivity contribution in [3.63, 3.8) is 0 Å². The van der Waals surface area contributed by atoms with Crippen molar-refractivity contribution in [1.82, 2.24) is 15.1 Å². The first kappa shape index (κ1) is 14.4. The molecule has 0 heterocycles. The zero-order valence-electron chi connectivity index (χ0n) is 10.5. The Kier molecular flexibility index (Phi) is 8.33. The van der Waals surface area contributed by atoms with Crippen LogP contribution in [-0.4, -0.2) is 63.0 Å². The maximum absolute atomic E-state index is 11.5. The van der Waals surface area contributed by atoms with Crippen LogP contribution in [0.5, 0.6) is 0 Å². The summed E-state index contributed by atoms with van der Waals surface area (Å²) in [7, 11) is 5.96. The number of amides is 1. The van der Waals surface area contributed by atoms with Crippen LogP contribution in [0, 0.1) is 0 Å². The predicted octanol–water partition coefficient (Wildman–Crippen LogP) is 0.396.